The predicted octanol–water partition coefficient (Wildman–Crippen LogP) is 2.76. The fraction of sp³-hybridized carbons (Fsp3) is 0.632. The summed E-state index contributed by atoms with van der Waals surface area (Å²) in [5, 5.41) is 10.9. The van der Waals surface area contributed by atoms with Crippen LogP contribution in [0.1, 0.15) is 49.4 Å². The molecule has 6 unspecified atom stereocenters. The molecule has 0 spiro atoms. The summed E-state index contributed by atoms with van der Waals surface area (Å²) in [6.45, 7) is 1.74. The maximum Gasteiger partial charge on any atom is 0.197 e. The summed E-state index contributed by atoms with van der Waals surface area (Å²) >= 11 is 0. The molecule has 0 aliphatic heterocycles. The van der Waals surface area contributed by atoms with Crippen molar-refractivity contribution in [3.8, 4) is 5.75 Å². The molecule has 0 N–H and O–H groups in total. The molecule has 0 heterocycles. The Morgan fingerprint density at radius 1 is 1.25 bits per heavy atom. The number of benzene rings is 1. The van der Waals surface area contributed by atoms with E-state index in [9.17, 15) is 14.3 Å². The van der Waals surface area contributed by atoms with Gasteiger partial charge in [-0.05, 0) is 74.5 Å². The van der Waals surface area contributed by atoms with E-state index in [0.717, 1.165) is 36.3 Å². The Morgan fingerprint density at radius 2 is 2.04 bits per heavy atom. The van der Waals surface area contributed by atoms with Crippen LogP contribution in [0.5, 0.6) is 5.75 Å². The van der Waals surface area contributed by atoms with Crippen LogP contribution in [0.15, 0.2) is 18.2 Å². The summed E-state index contributed by atoms with van der Waals surface area (Å²) in [6, 6.07) is 3.39. The highest BCUT2D eigenvalue weighted by molar-refractivity contribution is 5.86. The van der Waals surface area contributed by atoms with Gasteiger partial charge in [-0.2, -0.15) is 0 Å². The fourth-order valence-corrected chi connectivity index (χ4v) is 5.33. The van der Waals surface area contributed by atoms with Crippen molar-refractivity contribution in [1.29, 1.82) is 0 Å². The summed E-state index contributed by atoms with van der Waals surface area (Å²) < 4.78 is 25.4. The van der Waals surface area contributed by atoms with Gasteiger partial charge in [0, 0.05) is 5.56 Å². The van der Waals surface area contributed by atoms with E-state index >= 15 is 0 Å². The molecule has 4 rings (SSSR count). The van der Waals surface area contributed by atoms with Crippen molar-refractivity contribution < 1.29 is 23.8 Å². The van der Waals surface area contributed by atoms with Gasteiger partial charge >= 0.3 is 0 Å². The van der Waals surface area contributed by atoms with E-state index in [4.69, 9.17) is 9.47 Å². The normalized spacial score (nSPS) is 35.0. The first kappa shape index (κ1) is 15.9. The summed E-state index contributed by atoms with van der Waals surface area (Å²) in [6.07, 6.45) is 5.90. The van der Waals surface area contributed by atoms with E-state index < -0.39 is 18.1 Å². The lowest BCUT2D eigenvalue weighted by Gasteiger charge is -2.33. The quantitative estimate of drug-likeness (QED) is 0.778. The highest BCUT2D eigenvalue weighted by Gasteiger charge is 2.54. The molecule has 0 radical (unpaired) electrons. The van der Waals surface area contributed by atoms with Gasteiger partial charge in [-0.25, -0.2) is 4.39 Å². The number of ether oxygens (including phenoxy) is 2. The van der Waals surface area contributed by atoms with Crippen molar-refractivity contribution in [1.82, 2.24) is 0 Å². The van der Waals surface area contributed by atoms with Crippen molar-refractivity contribution >= 4 is 5.97 Å². The zero-order valence-electron chi connectivity index (χ0n) is 13.7. The smallest absolute Gasteiger partial charge is 0.197 e. The minimum Gasteiger partial charge on any atom is -0.545 e. The summed E-state index contributed by atoms with van der Waals surface area (Å²) in [7, 11) is 0. The predicted molar refractivity (Wildman–Crippen MR) is 82.7 cm³/mol. The minimum absolute atomic E-state index is 0.104. The third kappa shape index (κ3) is 2.69. The molecule has 6 atom stereocenters. The number of rotatable bonds is 5. The third-order valence-electron chi connectivity index (χ3n) is 6.19. The Bertz CT molecular complexity index is 646. The number of hydrogen-bond donors (Lipinski definition) is 0. The molecule has 3 fully saturated rings. The van der Waals surface area contributed by atoms with Gasteiger partial charge in [-0.1, -0.05) is 6.42 Å². The number of carbonyl (C=O) groups excluding carboxylic acids is 1. The molecule has 0 aromatic heterocycles. The SMILES string of the molecule is CC(Oc1cc(C(=O)[O-])ccc1F)OC1CC2CC1C1CCCC21. The van der Waals surface area contributed by atoms with Gasteiger partial charge < -0.3 is 19.4 Å². The highest BCUT2D eigenvalue weighted by Crippen LogP contribution is 2.59. The van der Waals surface area contributed by atoms with Gasteiger partial charge in [0.25, 0.3) is 0 Å². The molecule has 0 saturated heterocycles. The first-order valence-corrected chi connectivity index (χ1v) is 8.86. The van der Waals surface area contributed by atoms with Crippen LogP contribution in [0.3, 0.4) is 0 Å². The molecule has 3 aliphatic rings. The number of carbonyl (C=O) groups is 1. The van der Waals surface area contributed by atoms with Crippen LogP contribution >= 0.6 is 0 Å². The molecule has 5 heteroatoms. The van der Waals surface area contributed by atoms with Crippen LogP contribution in [0.2, 0.25) is 0 Å². The van der Waals surface area contributed by atoms with Crippen molar-refractivity contribution in [2.75, 3.05) is 0 Å². The molecule has 130 valence electrons. The molecule has 2 bridgehead atoms. The molecule has 1 aromatic carbocycles. The largest absolute Gasteiger partial charge is 0.545 e. The van der Waals surface area contributed by atoms with Gasteiger partial charge in [0.15, 0.2) is 17.9 Å². The van der Waals surface area contributed by atoms with Crippen molar-refractivity contribution in [2.45, 2.75) is 51.4 Å². The van der Waals surface area contributed by atoms with Gasteiger partial charge in [0.2, 0.25) is 0 Å². The third-order valence-corrected chi connectivity index (χ3v) is 6.19. The van der Waals surface area contributed by atoms with E-state index in [2.05, 4.69) is 0 Å². The van der Waals surface area contributed by atoms with Crippen LogP contribution in [0, 0.1) is 29.5 Å². The summed E-state index contributed by atoms with van der Waals surface area (Å²) in [5.74, 6) is 1.01. The van der Waals surface area contributed by atoms with E-state index in [1.54, 1.807) is 6.92 Å². The lowest BCUT2D eigenvalue weighted by Crippen LogP contribution is -2.34. The highest BCUT2D eigenvalue weighted by atomic mass is 19.1. The van der Waals surface area contributed by atoms with Crippen LogP contribution in [-0.4, -0.2) is 18.4 Å². The lowest BCUT2D eigenvalue weighted by molar-refractivity contribution is -0.255. The lowest BCUT2D eigenvalue weighted by atomic mass is 9.80. The van der Waals surface area contributed by atoms with Gasteiger partial charge in [0.05, 0.1) is 12.1 Å². The zero-order chi connectivity index (χ0) is 16.8. The van der Waals surface area contributed by atoms with Crippen molar-refractivity contribution in [2.24, 2.45) is 23.7 Å². The molecule has 4 nitrogen and oxygen atoms in total. The second kappa shape index (κ2) is 6.03. The molecule has 1 aromatic rings. The molecule has 0 amide bonds. The average Bonchev–Trinajstić information content (AvgIpc) is 3.21. The Labute approximate surface area is 141 Å². The number of carboxylic acid groups (broad SMARTS) is 1. The Hall–Kier alpha value is -1.62. The Balaban J connectivity index is 1.40. The van der Waals surface area contributed by atoms with Crippen molar-refractivity contribution in [3.05, 3.63) is 29.6 Å². The Morgan fingerprint density at radius 3 is 2.83 bits per heavy atom. The topological polar surface area (TPSA) is 58.6 Å². The molecule has 3 aliphatic carbocycles. The zero-order valence-corrected chi connectivity index (χ0v) is 13.7. The second-order valence-corrected chi connectivity index (χ2v) is 7.45. The monoisotopic (exact) mass is 333 g/mol. The van der Waals surface area contributed by atoms with Gasteiger partial charge in [-0.15, -0.1) is 0 Å². The average molecular weight is 333 g/mol. The van der Waals surface area contributed by atoms with Crippen LogP contribution in [0.25, 0.3) is 0 Å². The fourth-order valence-electron chi connectivity index (χ4n) is 5.33. The van der Waals surface area contributed by atoms with Crippen molar-refractivity contribution in [3.63, 3.8) is 0 Å². The molecule has 3 saturated carbocycles. The first-order valence-electron chi connectivity index (χ1n) is 8.86. The molecular weight excluding hydrogens is 311 g/mol. The number of carboxylic acids is 1. The number of halogens is 1. The van der Waals surface area contributed by atoms with E-state index in [1.165, 1.54) is 31.7 Å². The van der Waals surface area contributed by atoms with Crippen LogP contribution in [0.4, 0.5) is 4.39 Å². The Kier molecular flexibility index (Phi) is 3.99. The van der Waals surface area contributed by atoms with Crippen LogP contribution in [-0.2, 0) is 4.74 Å². The second-order valence-electron chi connectivity index (χ2n) is 7.45. The number of hydrogen-bond acceptors (Lipinski definition) is 4. The first-order chi connectivity index (χ1) is 11.5. The van der Waals surface area contributed by atoms with E-state index in [0.29, 0.717) is 5.92 Å². The van der Waals surface area contributed by atoms with Gasteiger partial charge in [0.1, 0.15) is 0 Å². The molecular formula is C19H22FO4-. The van der Waals surface area contributed by atoms with Crippen LogP contribution < -0.4 is 9.84 Å². The minimum atomic E-state index is -1.35. The summed E-state index contributed by atoms with van der Waals surface area (Å²) in [4.78, 5) is 10.9. The number of fused-ring (bicyclic) bond motifs is 5. The molecule has 24 heavy (non-hydrogen) atoms. The standard InChI is InChI=1S/C19H23FO4/c1-10(24-18-8-11(19(21)22)5-6-16(18)20)23-17-9-12-7-15(17)14-4-2-3-13(12)14/h5-6,8,10,12-15,17H,2-4,7,9H2,1H3,(H,21,22)/p-1. The van der Waals surface area contributed by atoms with Gasteiger partial charge in [-0.3, -0.25) is 0 Å². The van der Waals surface area contributed by atoms with E-state index in [1.807, 2.05) is 0 Å². The van der Waals surface area contributed by atoms with E-state index in [-0.39, 0.29) is 17.4 Å². The summed E-state index contributed by atoms with van der Waals surface area (Å²) in [5.41, 5.74) is -0.104. The maximum atomic E-state index is 13.8. The maximum absolute atomic E-state index is 13.8. The number of aromatic carboxylic acids is 1.